The normalized spacial score (nSPS) is 22.3. The van der Waals surface area contributed by atoms with E-state index in [-0.39, 0.29) is 28.7 Å². The fraction of sp³-hybridized carbons (Fsp3) is 0.273. The molecule has 0 aromatic carbocycles. The third-order valence-corrected chi connectivity index (χ3v) is 3.47. The number of halogens is 4. The number of rotatable bonds is 1. The molecule has 0 unspecified atom stereocenters. The van der Waals surface area contributed by atoms with Gasteiger partial charge in [-0.15, -0.1) is 6.58 Å². The van der Waals surface area contributed by atoms with E-state index in [1.165, 1.54) is 12.3 Å². The molecule has 0 saturated heterocycles. The van der Waals surface area contributed by atoms with E-state index in [1.807, 2.05) is 0 Å². The molecular formula is C11H8ClF3N4. The predicted molar refractivity (Wildman–Crippen MR) is 64.4 cm³/mol. The minimum Gasteiger partial charge on any atom is -0.381 e. The van der Waals surface area contributed by atoms with Crippen LogP contribution in [0.1, 0.15) is 5.69 Å². The summed E-state index contributed by atoms with van der Waals surface area (Å²) in [5, 5.41) is 6.66. The number of hydrogen-bond donors (Lipinski definition) is 1. The number of fused-ring (bicyclic) bond motifs is 3. The van der Waals surface area contributed by atoms with Gasteiger partial charge in [0, 0.05) is 12.6 Å². The molecule has 19 heavy (non-hydrogen) atoms. The Balaban J connectivity index is 2.39. The Bertz CT molecular complexity index is 678. The monoisotopic (exact) mass is 288 g/mol. The standard InChI is InChI=1S/C11H8ClF3N4/c1-2-10(11(13,14)15)5-17-6-4-16-8-3-7(12)18-19(8)9(6)10/h2-4,17H,1,5H2/t10-/m1/s1. The molecule has 1 atom stereocenters. The second-order valence-corrected chi connectivity index (χ2v) is 4.67. The van der Waals surface area contributed by atoms with Crippen molar-refractivity contribution in [2.45, 2.75) is 11.6 Å². The summed E-state index contributed by atoms with van der Waals surface area (Å²) < 4.78 is 41.4. The molecule has 0 amide bonds. The quantitative estimate of drug-likeness (QED) is 0.821. The first-order chi connectivity index (χ1) is 8.89. The molecule has 0 fully saturated rings. The van der Waals surface area contributed by atoms with Crippen molar-refractivity contribution in [1.29, 1.82) is 0 Å². The van der Waals surface area contributed by atoms with Crippen molar-refractivity contribution in [3.8, 4) is 0 Å². The molecule has 1 aliphatic rings. The van der Waals surface area contributed by atoms with Crippen LogP contribution in [0.3, 0.4) is 0 Å². The van der Waals surface area contributed by atoms with Gasteiger partial charge in [0.15, 0.2) is 10.8 Å². The van der Waals surface area contributed by atoms with Crippen molar-refractivity contribution in [2.24, 2.45) is 0 Å². The maximum absolute atomic E-state index is 13.4. The van der Waals surface area contributed by atoms with Crippen LogP contribution in [0.25, 0.3) is 5.65 Å². The third kappa shape index (κ3) is 1.48. The Labute approximate surface area is 110 Å². The van der Waals surface area contributed by atoms with Crippen molar-refractivity contribution in [1.82, 2.24) is 14.6 Å². The van der Waals surface area contributed by atoms with Crippen LogP contribution in [-0.4, -0.2) is 27.3 Å². The smallest absolute Gasteiger partial charge is 0.381 e. The topological polar surface area (TPSA) is 42.2 Å². The SMILES string of the molecule is C=C[C@@]1(C(F)(F)F)CNc2cnc3cc(Cl)nn3c21. The Morgan fingerprint density at radius 1 is 1.53 bits per heavy atom. The maximum Gasteiger partial charge on any atom is 0.405 e. The summed E-state index contributed by atoms with van der Waals surface area (Å²) in [4.78, 5) is 4.01. The van der Waals surface area contributed by atoms with Gasteiger partial charge in [-0.1, -0.05) is 17.7 Å². The molecule has 2 aromatic rings. The fourth-order valence-corrected chi connectivity index (χ4v) is 2.47. The second-order valence-electron chi connectivity index (χ2n) is 4.28. The van der Waals surface area contributed by atoms with Crippen LogP contribution >= 0.6 is 11.6 Å². The highest BCUT2D eigenvalue weighted by atomic mass is 35.5. The first-order valence-electron chi connectivity index (χ1n) is 5.38. The number of hydrogen-bond acceptors (Lipinski definition) is 3. The van der Waals surface area contributed by atoms with E-state index in [2.05, 4.69) is 22.0 Å². The highest BCUT2D eigenvalue weighted by Gasteiger charge is 2.59. The van der Waals surface area contributed by atoms with Gasteiger partial charge in [-0.3, -0.25) is 0 Å². The number of alkyl halides is 3. The molecule has 0 spiro atoms. The largest absolute Gasteiger partial charge is 0.405 e. The lowest BCUT2D eigenvalue weighted by atomic mass is 9.85. The van der Waals surface area contributed by atoms with Crippen molar-refractivity contribution in [3.63, 3.8) is 0 Å². The molecule has 3 heterocycles. The number of anilines is 1. The van der Waals surface area contributed by atoms with Crippen molar-refractivity contribution in [3.05, 3.63) is 35.8 Å². The molecule has 8 heteroatoms. The van der Waals surface area contributed by atoms with Gasteiger partial charge in [0.25, 0.3) is 0 Å². The van der Waals surface area contributed by atoms with E-state index in [1.54, 1.807) is 0 Å². The van der Waals surface area contributed by atoms with Crippen LogP contribution in [0.5, 0.6) is 0 Å². The van der Waals surface area contributed by atoms with Crippen LogP contribution in [0.2, 0.25) is 5.15 Å². The van der Waals surface area contributed by atoms with E-state index in [0.29, 0.717) is 0 Å². The molecular weight excluding hydrogens is 281 g/mol. The predicted octanol–water partition coefficient (Wildman–Crippen LogP) is 2.79. The van der Waals surface area contributed by atoms with Gasteiger partial charge in [0.05, 0.1) is 17.6 Å². The van der Waals surface area contributed by atoms with Crippen molar-refractivity contribution < 1.29 is 13.2 Å². The summed E-state index contributed by atoms with van der Waals surface area (Å²) in [5.74, 6) is 0. The highest BCUT2D eigenvalue weighted by molar-refractivity contribution is 6.29. The Morgan fingerprint density at radius 3 is 2.89 bits per heavy atom. The molecule has 1 N–H and O–H groups in total. The minimum atomic E-state index is -4.49. The third-order valence-electron chi connectivity index (χ3n) is 3.29. The van der Waals surface area contributed by atoms with Gasteiger partial charge in [-0.2, -0.15) is 18.3 Å². The highest BCUT2D eigenvalue weighted by Crippen LogP contribution is 2.48. The Kier molecular flexibility index (Phi) is 2.35. The first kappa shape index (κ1) is 12.3. The lowest BCUT2D eigenvalue weighted by molar-refractivity contribution is -0.171. The summed E-state index contributed by atoms with van der Waals surface area (Å²) in [6.45, 7) is 3.01. The van der Waals surface area contributed by atoms with Crippen molar-refractivity contribution in [2.75, 3.05) is 11.9 Å². The molecule has 4 nitrogen and oxygen atoms in total. The Hall–Kier alpha value is -1.76. The van der Waals surface area contributed by atoms with E-state index in [0.717, 1.165) is 10.6 Å². The fourth-order valence-electron chi connectivity index (χ4n) is 2.30. The molecule has 2 aromatic heterocycles. The Morgan fingerprint density at radius 2 is 2.26 bits per heavy atom. The second kappa shape index (κ2) is 3.63. The summed E-state index contributed by atoms with van der Waals surface area (Å²) in [6, 6.07) is 1.41. The van der Waals surface area contributed by atoms with Crippen molar-refractivity contribution >= 4 is 22.9 Å². The molecule has 3 rings (SSSR count). The van der Waals surface area contributed by atoms with Crippen LogP contribution in [-0.2, 0) is 5.41 Å². The van der Waals surface area contributed by atoms with Gasteiger partial charge in [0.2, 0.25) is 0 Å². The van der Waals surface area contributed by atoms with Crippen LogP contribution in [0.15, 0.2) is 24.9 Å². The molecule has 0 bridgehead atoms. The minimum absolute atomic E-state index is 0.0353. The van der Waals surface area contributed by atoms with Crippen LogP contribution < -0.4 is 5.32 Å². The number of aromatic nitrogens is 3. The first-order valence-corrected chi connectivity index (χ1v) is 5.76. The molecule has 1 aliphatic heterocycles. The zero-order chi connectivity index (χ0) is 13.8. The van der Waals surface area contributed by atoms with E-state index in [4.69, 9.17) is 11.6 Å². The summed E-state index contributed by atoms with van der Waals surface area (Å²) in [6.07, 6.45) is -2.25. The van der Waals surface area contributed by atoms with Gasteiger partial charge in [-0.25, -0.2) is 9.50 Å². The average molecular weight is 289 g/mol. The van der Waals surface area contributed by atoms with E-state index < -0.39 is 11.6 Å². The average Bonchev–Trinajstić information content (AvgIpc) is 2.86. The summed E-state index contributed by atoms with van der Waals surface area (Å²) >= 11 is 5.74. The summed E-state index contributed by atoms with van der Waals surface area (Å²) in [7, 11) is 0. The zero-order valence-electron chi connectivity index (χ0n) is 9.50. The van der Waals surface area contributed by atoms with Gasteiger partial charge < -0.3 is 5.32 Å². The van der Waals surface area contributed by atoms with Crippen LogP contribution in [0.4, 0.5) is 18.9 Å². The number of nitrogens with zero attached hydrogens (tertiary/aromatic N) is 3. The molecule has 0 saturated carbocycles. The van der Waals surface area contributed by atoms with Gasteiger partial charge in [-0.05, 0) is 0 Å². The van der Waals surface area contributed by atoms with Crippen LogP contribution in [0, 0.1) is 0 Å². The summed E-state index contributed by atoms with van der Waals surface area (Å²) in [5.41, 5.74) is -1.68. The van der Waals surface area contributed by atoms with E-state index >= 15 is 0 Å². The zero-order valence-corrected chi connectivity index (χ0v) is 10.3. The lowest BCUT2D eigenvalue weighted by Crippen LogP contribution is -2.43. The number of nitrogens with one attached hydrogen (secondary N) is 1. The molecule has 0 radical (unpaired) electrons. The lowest BCUT2D eigenvalue weighted by Gasteiger charge is -2.28. The molecule has 100 valence electrons. The maximum atomic E-state index is 13.4. The van der Waals surface area contributed by atoms with E-state index in [9.17, 15) is 13.2 Å². The molecule has 0 aliphatic carbocycles. The van der Waals surface area contributed by atoms with Gasteiger partial charge in [0.1, 0.15) is 5.41 Å². The van der Waals surface area contributed by atoms with Gasteiger partial charge >= 0.3 is 6.18 Å².